The van der Waals surface area contributed by atoms with E-state index in [1.807, 2.05) is 6.07 Å². The van der Waals surface area contributed by atoms with Crippen molar-refractivity contribution in [3.05, 3.63) is 23.3 Å². The Bertz CT molecular complexity index is 632. The molecule has 0 saturated heterocycles. The van der Waals surface area contributed by atoms with Crippen LogP contribution >= 0.6 is 0 Å². The fraction of sp³-hybridized carbons (Fsp3) is 0.462. The van der Waals surface area contributed by atoms with Gasteiger partial charge in [-0.05, 0) is 36.5 Å². The predicted molar refractivity (Wildman–Crippen MR) is 72.8 cm³/mol. The average molecular weight is 280 g/mol. The van der Waals surface area contributed by atoms with Crippen LogP contribution in [0, 0.1) is 11.3 Å². The molecule has 0 radical (unpaired) electrons. The number of hydrogen-bond acceptors (Lipinski definition) is 4. The van der Waals surface area contributed by atoms with Gasteiger partial charge in [-0.15, -0.1) is 0 Å². The lowest BCUT2D eigenvalue weighted by Gasteiger charge is -2.24. The van der Waals surface area contributed by atoms with E-state index in [4.69, 9.17) is 10.00 Å². The van der Waals surface area contributed by atoms with E-state index in [0.717, 1.165) is 36.6 Å². The minimum absolute atomic E-state index is 0.172. The van der Waals surface area contributed by atoms with Crippen molar-refractivity contribution in [2.24, 2.45) is 0 Å². The van der Waals surface area contributed by atoms with E-state index in [2.05, 4.69) is 10.8 Å². The normalized spacial score (nSPS) is 18.3. The Morgan fingerprint density at radius 3 is 2.79 bits per heavy atom. The summed E-state index contributed by atoms with van der Waals surface area (Å²) in [6, 6.07) is 5.84. The van der Waals surface area contributed by atoms with Gasteiger partial charge in [0.25, 0.3) is 0 Å². The first-order valence-corrected chi connectivity index (χ1v) is 7.92. The number of benzene rings is 1. The molecule has 1 N–H and O–H groups in total. The highest BCUT2D eigenvalue weighted by Gasteiger charge is 2.25. The van der Waals surface area contributed by atoms with E-state index in [9.17, 15) is 8.42 Å². The van der Waals surface area contributed by atoms with E-state index >= 15 is 0 Å². The number of hydrogen-bond donors (Lipinski definition) is 1. The van der Waals surface area contributed by atoms with Crippen LogP contribution in [0.25, 0.3) is 0 Å². The maximum atomic E-state index is 11.5. The van der Waals surface area contributed by atoms with Crippen molar-refractivity contribution in [3.63, 3.8) is 0 Å². The Hall–Kier alpha value is -1.74. The maximum absolute atomic E-state index is 11.5. The predicted octanol–water partition coefficient (Wildman–Crippen LogP) is 2.01. The molecule has 6 heteroatoms. The maximum Gasteiger partial charge on any atom is 0.229 e. The van der Waals surface area contributed by atoms with Crippen molar-refractivity contribution in [2.45, 2.75) is 25.2 Å². The van der Waals surface area contributed by atoms with Crippen molar-refractivity contribution in [2.75, 3.05) is 18.1 Å². The second-order valence-corrected chi connectivity index (χ2v) is 6.41. The first kappa shape index (κ1) is 13.7. The summed E-state index contributed by atoms with van der Waals surface area (Å²) in [5.74, 6) is 0.317. The molecule has 0 fully saturated rings. The minimum Gasteiger partial charge on any atom is -0.495 e. The van der Waals surface area contributed by atoms with Crippen LogP contribution in [0.15, 0.2) is 12.1 Å². The average Bonchev–Trinajstić information content (AvgIpc) is 2.36. The Morgan fingerprint density at radius 1 is 1.47 bits per heavy atom. The highest BCUT2D eigenvalue weighted by molar-refractivity contribution is 7.92. The standard InChI is InChI=1S/C13H16N2O3S/c1-18-12-7-6-10-9(8-14)4-3-5-11(10)13(12)15-19(2,16)17/h6-7,9,15H,3-5H2,1-2H3/t9-/m1/s1. The highest BCUT2D eigenvalue weighted by Crippen LogP contribution is 2.40. The molecule has 19 heavy (non-hydrogen) atoms. The van der Waals surface area contributed by atoms with Gasteiger partial charge in [-0.1, -0.05) is 6.07 Å². The largest absolute Gasteiger partial charge is 0.495 e. The zero-order valence-corrected chi connectivity index (χ0v) is 11.8. The van der Waals surface area contributed by atoms with Crippen LogP contribution in [0.4, 0.5) is 5.69 Å². The first-order valence-electron chi connectivity index (χ1n) is 6.03. The SMILES string of the molecule is COc1ccc2c(c1NS(C)(=O)=O)CCC[C@@H]2C#N. The summed E-state index contributed by atoms with van der Waals surface area (Å²) >= 11 is 0. The quantitative estimate of drug-likeness (QED) is 0.918. The number of methoxy groups -OCH3 is 1. The molecular formula is C13H16N2O3S. The minimum atomic E-state index is -3.38. The second kappa shape index (κ2) is 5.10. The summed E-state index contributed by atoms with van der Waals surface area (Å²) in [5, 5.41) is 9.17. The smallest absolute Gasteiger partial charge is 0.229 e. The van der Waals surface area contributed by atoms with Gasteiger partial charge in [0.15, 0.2) is 0 Å². The van der Waals surface area contributed by atoms with Crippen molar-refractivity contribution in [1.82, 2.24) is 0 Å². The van der Waals surface area contributed by atoms with E-state index in [0.29, 0.717) is 11.4 Å². The fourth-order valence-electron chi connectivity index (χ4n) is 2.48. The summed E-state index contributed by atoms with van der Waals surface area (Å²) < 4.78 is 30.7. The molecule has 1 aromatic carbocycles. The molecule has 0 spiro atoms. The van der Waals surface area contributed by atoms with Gasteiger partial charge in [-0.3, -0.25) is 4.72 Å². The van der Waals surface area contributed by atoms with Crippen molar-refractivity contribution >= 4 is 15.7 Å². The molecule has 1 aliphatic carbocycles. The molecule has 102 valence electrons. The van der Waals surface area contributed by atoms with Crippen LogP contribution in [-0.2, 0) is 16.4 Å². The molecule has 0 aromatic heterocycles. The number of nitriles is 1. The summed E-state index contributed by atoms with van der Waals surface area (Å²) in [6.07, 6.45) is 3.55. The van der Waals surface area contributed by atoms with Gasteiger partial charge in [0.05, 0.1) is 31.0 Å². The van der Waals surface area contributed by atoms with Gasteiger partial charge >= 0.3 is 0 Å². The van der Waals surface area contributed by atoms with Crippen molar-refractivity contribution in [3.8, 4) is 11.8 Å². The van der Waals surface area contributed by atoms with Gasteiger partial charge in [0.1, 0.15) is 5.75 Å². The van der Waals surface area contributed by atoms with E-state index < -0.39 is 10.0 Å². The van der Waals surface area contributed by atoms with Crippen molar-refractivity contribution < 1.29 is 13.2 Å². The van der Waals surface area contributed by atoms with Crippen LogP contribution in [-0.4, -0.2) is 21.8 Å². The third kappa shape index (κ3) is 2.82. The summed E-state index contributed by atoms with van der Waals surface area (Å²) in [6.45, 7) is 0. The fourth-order valence-corrected chi connectivity index (χ4v) is 3.07. The van der Waals surface area contributed by atoms with Crippen molar-refractivity contribution in [1.29, 1.82) is 5.26 Å². The molecule has 0 bridgehead atoms. The summed E-state index contributed by atoms with van der Waals surface area (Å²) in [7, 11) is -1.88. The molecule has 5 nitrogen and oxygen atoms in total. The Kier molecular flexibility index (Phi) is 3.67. The Labute approximate surface area is 113 Å². The van der Waals surface area contributed by atoms with Gasteiger partial charge in [0.2, 0.25) is 10.0 Å². The number of fused-ring (bicyclic) bond motifs is 1. The van der Waals surface area contributed by atoms with Crippen LogP contribution < -0.4 is 9.46 Å². The topological polar surface area (TPSA) is 79.2 Å². The molecule has 2 rings (SSSR count). The number of anilines is 1. The number of nitrogens with zero attached hydrogens (tertiary/aromatic N) is 1. The Morgan fingerprint density at radius 2 is 2.21 bits per heavy atom. The monoisotopic (exact) mass is 280 g/mol. The lowest BCUT2D eigenvalue weighted by atomic mass is 9.83. The summed E-state index contributed by atoms with van der Waals surface area (Å²) in [5.41, 5.74) is 2.26. The first-order chi connectivity index (χ1) is 8.96. The van der Waals surface area contributed by atoms with Gasteiger partial charge < -0.3 is 4.74 Å². The summed E-state index contributed by atoms with van der Waals surface area (Å²) in [4.78, 5) is 0. The molecular weight excluding hydrogens is 264 g/mol. The molecule has 1 aliphatic rings. The highest BCUT2D eigenvalue weighted by atomic mass is 32.2. The molecule has 0 amide bonds. The molecule has 1 aromatic rings. The molecule has 0 heterocycles. The van der Waals surface area contributed by atoms with Gasteiger partial charge in [0, 0.05) is 0 Å². The number of ether oxygens (including phenoxy) is 1. The van der Waals surface area contributed by atoms with E-state index in [-0.39, 0.29) is 5.92 Å². The van der Waals surface area contributed by atoms with E-state index in [1.165, 1.54) is 7.11 Å². The number of rotatable bonds is 3. The molecule has 0 saturated carbocycles. The van der Waals surface area contributed by atoms with Crippen LogP contribution in [0.5, 0.6) is 5.75 Å². The van der Waals surface area contributed by atoms with Crippen LogP contribution in [0.3, 0.4) is 0 Å². The second-order valence-electron chi connectivity index (χ2n) is 4.66. The molecule has 0 unspecified atom stereocenters. The third-order valence-electron chi connectivity index (χ3n) is 3.27. The van der Waals surface area contributed by atoms with Crippen LogP contribution in [0.1, 0.15) is 29.9 Å². The van der Waals surface area contributed by atoms with E-state index in [1.54, 1.807) is 6.07 Å². The Balaban J connectivity index is 2.59. The lowest BCUT2D eigenvalue weighted by Crippen LogP contribution is -2.16. The molecule has 1 atom stereocenters. The number of nitrogens with one attached hydrogen (secondary N) is 1. The zero-order valence-electron chi connectivity index (χ0n) is 10.9. The molecule has 0 aliphatic heterocycles. The lowest BCUT2D eigenvalue weighted by molar-refractivity contribution is 0.415. The van der Waals surface area contributed by atoms with Gasteiger partial charge in [-0.25, -0.2) is 8.42 Å². The number of sulfonamides is 1. The zero-order chi connectivity index (χ0) is 14.0. The van der Waals surface area contributed by atoms with Crippen LogP contribution in [0.2, 0.25) is 0 Å². The van der Waals surface area contributed by atoms with Gasteiger partial charge in [-0.2, -0.15) is 5.26 Å². The third-order valence-corrected chi connectivity index (χ3v) is 3.84.